The molecule has 0 atom stereocenters. The van der Waals surface area contributed by atoms with Crippen molar-refractivity contribution in [3.63, 3.8) is 0 Å². The maximum absolute atomic E-state index is 9.19. The minimum Gasteiger partial charge on any atom is -0.397 e. The first-order chi connectivity index (χ1) is 9.74. The molecule has 2 heterocycles. The van der Waals surface area contributed by atoms with E-state index in [1.54, 1.807) is 0 Å². The summed E-state index contributed by atoms with van der Waals surface area (Å²) in [4.78, 5) is 1.76. The second-order valence-corrected chi connectivity index (χ2v) is 6.01. The Kier molecular flexibility index (Phi) is 3.47. The van der Waals surface area contributed by atoms with Crippen LogP contribution in [0.2, 0.25) is 0 Å². The molecule has 1 aromatic carbocycles. The number of nitriles is 1. The third-order valence-electron chi connectivity index (χ3n) is 3.63. The number of hydrogen-bond donors (Lipinski definition) is 1. The maximum atomic E-state index is 9.19. The second-order valence-electron chi connectivity index (χ2n) is 4.99. The van der Waals surface area contributed by atoms with Gasteiger partial charge in [0.15, 0.2) is 0 Å². The van der Waals surface area contributed by atoms with Crippen LogP contribution in [0.5, 0.6) is 0 Å². The van der Waals surface area contributed by atoms with Gasteiger partial charge >= 0.3 is 0 Å². The van der Waals surface area contributed by atoms with E-state index in [4.69, 9.17) is 10.5 Å². The second kappa shape index (κ2) is 5.28. The van der Waals surface area contributed by atoms with E-state index in [1.165, 1.54) is 22.5 Å². The van der Waals surface area contributed by atoms with E-state index in [2.05, 4.69) is 31.2 Å². The van der Waals surface area contributed by atoms with Gasteiger partial charge in [-0.25, -0.2) is 0 Å². The Morgan fingerprint density at radius 3 is 2.90 bits per heavy atom. The number of rotatable bonds is 3. The zero-order chi connectivity index (χ0) is 14.1. The number of thiophene rings is 1. The van der Waals surface area contributed by atoms with Gasteiger partial charge in [-0.05, 0) is 34.7 Å². The van der Waals surface area contributed by atoms with Gasteiger partial charge in [0.1, 0.15) is 10.9 Å². The summed E-state index contributed by atoms with van der Waals surface area (Å²) in [6, 6.07) is 8.61. The van der Waals surface area contributed by atoms with Crippen molar-refractivity contribution < 1.29 is 4.74 Å². The highest BCUT2D eigenvalue weighted by atomic mass is 32.1. The molecule has 3 nitrogen and oxygen atoms in total. The van der Waals surface area contributed by atoms with Crippen LogP contribution in [0.25, 0.3) is 10.4 Å². The van der Waals surface area contributed by atoms with E-state index in [1.807, 2.05) is 0 Å². The molecule has 0 amide bonds. The topological polar surface area (TPSA) is 59.0 Å². The summed E-state index contributed by atoms with van der Waals surface area (Å²) in [7, 11) is 0. The summed E-state index contributed by atoms with van der Waals surface area (Å²) in [6.07, 6.45) is 1.93. The molecule has 0 spiro atoms. The van der Waals surface area contributed by atoms with Crippen molar-refractivity contribution in [3.8, 4) is 16.5 Å². The minimum absolute atomic E-state index is 0.625. The molecular formula is C16H16N2OS. The number of ether oxygens (including phenoxy) is 1. The van der Waals surface area contributed by atoms with Crippen LogP contribution >= 0.6 is 11.3 Å². The molecule has 0 saturated heterocycles. The summed E-state index contributed by atoms with van der Waals surface area (Å²) in [6.45, 7) is 3.51. The van der Waals surface area contributed by atoms with Crippen molar-refractivity contribution in [1.29, 1.82) is 5.26 Å². The SMILES string of the molecule is CCCc1c(-c2ccc3c(c2)COC3)sc(C#N)c1N. The Morgan fingerprint density at radius 2 is 2.15 bits per heavy atom. The van der Waals surface area contributed by atoms with Crippen molar-refractivity contribution in [2.45, 2.75) is 33.0 Å². The van der Waals surface area contributed by atoms with E-state index < -0.39 is 0 Å². The van der Waals surface area contributed by atoms with Gasteiger partial charge in [-0.2, -0.15) is 5.26 Å². The molecule has 1 aliphatic rings. The monoisotopic (exact) mass is 284 g/mol. The van der Waals surface area contributed by atoms with Gasteiger partial charge in [-0.15, -0.1) is 11.3 Å². The zero-order valence-electron chi connectivity index (χ0n) is 11.4. The normalized spacial score (nSPS) is 13.2. The van der Waals surface area contributed by atoms with E-state index in [9.17, 15) is 5.26 Å². The van der Waals surface area contributed by atoms with Gasteiger partial charge in [-0.3, -0.25) is 0 Å². The Hall–Kier alpha value is -1.83. The number of hydrogen-bond acceptors (Lipinski definition) is 4. The maximum Gasteiger partial charge on any atom is 0.128 e. The quantitative estimate of drug-likeness (QED) is 0.931. The van der Waals surface area contributed by atoms with Crippen LogP contribution < -0.4 is 5.73 Å². The van der Waals surface area contributed by atoms with Crippen molar-refractivity contribution in [2.24, 2.45) is 0 Å². The first-order valence-corrected chi connectivity index (χ1v) is 7.57. The molecule has 4 heteroatoms. The van der Waals surface area contributed by atoms with Crippen LogP contribution in [0, 0.1) is 11.3 Å². The number of nitrogens with two attached hydrogens (primary N) is 1. The van der Waals surface area contributed by atoms with Crippen molar-refractivity contribution >= 4 is 17.0 Å². The van der Waals surface area contributed by atoms with Crippen LogP contribution in [0.4, 0.5) is 5.69 Å². The van der Waals surface area contributed by atoms with Gasteiger partial charge in [0, 0.05) is 4.88 Å². The van der Waals surface area contributed by atoms with Gasteiger partial charge in [0.05, 0.1) is 18.9 Å². The molecule has 20 heavy (non-hydrogen) atoms. The number of benzene rings is 1. The number of nitrogens with zero attached hydrogens (tertiary/aromatic N) is 1. The van der Waals surface area contributed by atoms with E-state index in [0.29, 0.717) is 23.8 Å². The zero-order valence-corrected chi connectivity index (χ0v) is 12.2. The highest BCUT2D eigenvalue weighted by Crippen LogP contribution is 2.40. The Balaban J connectivity index is 2.12. The number of fused-ring (bicyclic) bond motifs is 1. The number of anilines is 1. The van der Waals surface area contributed by atoms with Crippen LogP contribution in [0.3, 0.4) is 0 Å². The molecular weight excluding hydrogens is 268 g/mol. The first-order valence-electron chi connectivity index (χ1n) is 6.75. The standard InChI is InChI=1S/C16H16N2OS/c1-2-3-13-15(18)14(7-17)20-16(13)10-4-5-11-8-19-9-12(11)6-10/h4-6H,2-3,8-9,18H2,1H3. The number of nitrogen functional groups attached to an aromatic ring is 1. The molecule has 2 aromatic rings. The van der Waals surface area contributed by atoms with Crippen LogP contribution in [0.15, 0.2) is 18.2 Å². The Labute approximate surface area is 122 Å². The van der Waals surface area contributed by atoms with Gasteiger partial charge in [0.2, 0.25) is 0 Å². The average Bonchev–Trinajstić information content (AvgIpc) is 3.04. The van der Waals surface area contributed by atoms with E-state index in [-0.39, 0.29) is 0 Å². The molecule has 0 unspecified atom stereocenters. The molecule has 1 aliphatic heterocycles. The van der Waals surface area contributed by atoms with E-state index >= 15 is 0 Å². The molecule has 0 fully saturated rings. The van der Waals surface area contributed by atoms with Gasteiger partial charge in [0.25, 0.3) is 0 Å². The van der Waals surface area contributed by atoms with E-state index in [0.717, 1.165) is 28.8 Å². The van der Waals surface area contributed by atoms with Crippen LogP contribution in [-0.4, -0.2) is 0 Å². The highest BCUT2D eigenvalue weighted by Gasteiger charge is 2.18. The van der Waals surface area contributed by atoms with Gasteiger partial charge < -0.3 is 10.5 Å². The van der Waals surface area contributed by atoms with Crippen molar-refractivity contribution in [3.05, 3.63) is 39.8 Å². The molecule has 2 N–H and O–H groups in total. The smallest absolute Gasteiger partial charge is 0.128 e. The highest BCUT2D eigenvalue weighted by molar-refractivity contribution is 7.16. The fraction of sp³-hybridized carbons (Fsp3) is 0.312. The lowest BCUT2D eigenvalue weighted by Gasteiger charge is -2.06. The first kappa shape index (κ1) is 13.2. The minimum atomic E-state index is 0.625. The molecule has 3 rings (SSSR count). The molecule has 102 valence electrons. The summed E-state index contributed by atoms with van der Waals surface area (Å²) in [5, 5.41) is 9.19. The Bertz CT molecular complexity index is 697. The Morgan fingerprint density at radius 1 is 1.35 bits per heavy atom. The summed E-state index contributed by atoms with van der Waals surface area (Å²) in [5.41, 5.74) is 11.5. The average molecular weight is 284 g/mol. The third kappa shape index (κ3) is 2.09. The lowest BCUT2D eigenvalue weighted by molar-refractivity contribution is 0.134. The molecule has 0 radical (unpaired) electrons. The largest absolute Gasteiger partial charge is 0.397 e. The summed E-state index contributed by atoms with van der Waals surface area (Å²) >= 11 is 1.50. The molecule has 0 aliphatic carbocycles. The molecule has 0 saturated carbocycles. The fourth-order valence-corrected chi connectivity index (χ4v) is 3.67. The fourth-order valence-electron chi connectivity index (χ4n) is 2.61. The van der Waals surface area contributed by atoms with Crippen molar-refractivity contribution in [2.75, 3.05) is 5.73 Å². The predicted molar refractivity (Wildman–Crippen MR) is 81.4 cm³/mol. The molecule has 0 bridgehead atoms. The summed E-state index contributed by atoms with van der Waals surface area (Å²) < 4.78 is 5.46. The predicted octanol–water partition coefficient (Wildman–Crippen LogP) is 3.85. The lowest BCUT2D eigenvalue weighted by Crippen LogP contribution is -1.93. The lowest BCUT2D eigenvalue weighted by atomic mass is 10.0. The molecule has 1 aromatic heterocycles. The summed E-state index contributed by atoms with van der Waals surface area (Å²) in [5.74, 6) is 0. The van der Waals surface area contributed by atoms with Crippen LogP contribution in [0.1, 0.15) is 34.9 Å². The van der Waals surface area contributed by atoms with Crippen LogP contribution in [-0.2, 0) is 24.4 Å². The third-order valence-corrected chi connectivity index (χ3v) is 4.83. The van der Waals surface area contributed by atoms with Crippen molar-refractivity contribution in [1.82, 2.24) is 0 Å². The van der Waals surface area contributed by atoms with Gasteiger partial charge in [-0.1, -0.05) is 25.5 Å².